The number of carboxylic acid groups (broad SMARTS) is 1. The Morgan fingerprint density at radius 2 is 1.85 bits per heavy atom. The number of hydrogen-bond acceptors (Lipinski definition) is 4. The molecule has 0 bridgehead atoms. The first-order chi connectivity index (χ1) is 19.4. The van der Waals surface area contributed by atoms with Crippen LogP contribution < -0.4 is 15.1 Å². The molecule has 4 heterocycles. The first-order valence-corrected chi connectivity index (χ1v) is 14.3. The van der Waals surface area contributed by atoms with Crippen molar-refractivity contribution in [3.63, 3.8) is 0 Å². The Labute approximate surface area is 244 Å². The van der Waals surface area contributed by atoms with Crippen LogP contribution >= 0.6 is 23.8 Å². The van der Waals surface area contributed by atoms with Crippen molar-refractivity contribution in [2.24, 2.45) is 5.92 Å². The molecular weight excluding hydrogens is 542 g/mol. The number of anilines is 2. The number of thiocarbonyl (C=S) groups is 1. The minimum Gasteiger partial charge on any atom is -0.478 e. The molecule has 6 rings (SSSR count). The van der Waals surface area contributed by atoms with Gasteiger partial charge in [0.05, 0.1) is 28.0 Å². The normalized spacial score (nSPS) is 19.6. The average molecular weight is 572 g/mol. The van der Waals surface area contributed by atoms with E-state index in [1.54, 1.807) is 24.4 Å². The number of piperidine rings is 1. The number of carboxylic acids is 1. The summed E-state index contributed by atoms with van der Waals surface area (Å²) in [6.07, 6.45) is 6.04. The van der Waals surface area contributed by atoms with Crippen molar-refractivity contribution in [3.8, 4) is 5.69 Å². The Balaban J connectivity index is 1.43. The number of hydrogen-bond donors (Lipinski definition) is 2. The van der Waals surface area contributed by atoms with Crippen LogP contribution in [0.4, 0.5) is 11.4 Å². The van der Waals surface area contributed by atoms with Gasteiger partial charge in [-0.05, 0) is 91.6 Å². The molecule has 7 nitrogen and oxygen atoms in total. The lowest BCUT2D eigenvalue weighted by atomic mass is 9.98. The first-order valence-electron chi connectivity index (χ1n) is 13.5. The fourth-order valence-electron chi connectivity index (χ4n) is 5.74. The lowest BCUT2D eigenvalue weighted by Gasteiger charge is -2.33. The minimum absolute atomic E-state index is 0.227. The van der Waals surface area contributed by atoms with Crippen molar-refractivity contribution in [2.75, 3.05) is 22.9 Å². The summed E-state index contributed by atoms with van der Waals surface area (Å²) in [6, 6.07) is 22.4. The molecule has 2 aromatic heterocycles. The van der Waals surface area contributed by atoms with Crippen molar-refractivity contribution in [2.45, 2.75) is 31.8 Å². The molecule has 2 N–H and O–H groups in total. The molecule has 2 aromatic carbocycles. The number of benzene rings is 2. The largest absolute Gasteiger partial charge is 0.478 e. The highest BCUT2D eigenvalue weighted by Crippen LogP contribution is 2.44. The Bertz CT molecular complexity index is 1550. The standard InChI is InChI=1S/C31H30ClN5O2S/c1-20-12-16-35(17-13-20)26-11-10-23(19-24(26)32)37-29(28(34-31(37)40)25-8-2-3-14-33-25)27-9-5-15-36(27)22-7-4-6-21(18-22)30(38)39/h2-11,14-15,18-20,28-29H,12-13,16-17H2,1H3,(H,34,40)(H,38,39)/t28-,29+/m0/s1. The van der Waals surface area contributed by atoms with E-state index in [-0.39, 0.29) is 17.6 Å². The summed E-state index contributed by atoms with van der Waals surface area (Å²) < 4.78 is 2.01. The highest BCUT2D eigenvalue weighted by atomic mass is 35.5. The Kier molecular flexibility index (Phi) is 7.21. The number of carbonyl (C=O) groups is 1. The van der Waals surface area contributed by atoms with Gasteiger partial charge in [0.2, 0.25) is 0 Å². The summed E-state index contributed by atoms with van der Waals surface area (Å²) in [4.78, 5) is 20.8. The maximum absolute atomic E-state index is 11.7. The van der Waals surface area contributed by atoms with Crippen LogP contribution in [0.15, 0.2) is 85.2 Å². The number of aromatic nitrogens is 2. The van der Waals surface area contributed by atoms with Crippen LogP contribution in [-0.2, 0) is 0 Å². The lowest BCUT2D eigenvalue weighted by Crippen LogP contribution is -2.33. The highest BCUT2D eigenvalue weighted by molar-refractivity contribution is 7.80. The van der Waals surface area contributed by atoms with Gasteiger partial charge in [-0.1, -0.05) is 30.7 Å². The van der Waals surface area contributed by atoms with Gasteiger partial charge in [-0.2, -0.15) is 0 Å². The molecule has 2 fully saturated rings. The van der Waals surface area contributed by atoms with E-state index < -0.39 is 5.97 Å². The molecule has 0 radical (unpaired) electrons. The molecule has 204 valence electrons. The van der Waals surface area contributed by atoms with Crippen LogP contribution in [0.2, 0.25) is 5.02 Å². The number of rotatable bonds is 6. The van der Waals surface area contributed by atoms with E-state index in [1.807, 2.05) is 53.2 Å². The third-order valence-electron chi connectivity index (χ3n) is 7.89. The van der Waals surface area contributed by atoms with E-state index in [1.165, 1.54) is 0 Å². The van der Waals surface area contributed by atoms with E-state index in [2.05, 4.69) is 39.2 Å². The van der Waals surface area contributed by atoms with Crippen molar-refractivity contribution in [1.82, 2.24) is 14.9 Å². The maximum Gasteiger partial charge on any atom is 0.335 e. The fourth-order valence-corrected chi connectivity index (χ4v) is 6.38. The quantitative estimate of drug-likeness (QED) is 0.251. The van der Waals surface area contributed by atoms with Crippen molar-refractivity contribution in [3.05, 3.63) is 107 Å². The van der Waals surface area contributed by atoms with Gasteiger partial charge in [0, 0.05) is 42.6 Å². The van der Waals surface area contributed by atoms with Gasteiger partial charge in [-0.3, -0.25) is 4.98 Å². The van der Waals surface area contributed by atoms with Gasteiger partial charge in [0.25, 0.3) is 0 Å². The summed E-state index contributed by atoms with van der Waals surface area (Å²) in [5.74, 6) is -0.232. The predicted molar refractivity (Wildman–Crippen MR) is 163 cm³/mol. The zero-order valence-corrected chi connectivity index (χ0v) is 23.6. The van der Waals surface area contributed by atoms with Gasteiger partial charge < -0.3 is 24.8 Å². The number of nitrogens with zero attached hydrogens (tertiary/aromatic N) is 4. The molecule has 2 atom stereocenters. The second kappa shape index (κ2) is 10.9. The number of halogens is 1. The van der Waals surface area contributed by atoms with Crippen molar-refractivity contribution >= 4 is 46.3 Å². The van der Waals surface area contributed by atoms with E-state index in [4.69, 9.17) is 23.8 Å². The smallest absolute Gasteiger partial charge is 0.335 e. The Morgan fingerprint density at radius 1 is 1.02 bits per heavy atom. The maximum atomic E-state index is 11.7. The lowest BCUT2D eigenvalue weighted by molar-refractivity contribution is 0.0697. The van der Waals surface area contributed by atoms with Crippen LogP contribution in [0.25, 0.3) is 5.69 Å². The summed E-state index contributed by atoms with van der Waals surface area (Å²) in [6.45, 7) is 4.30. The monoisotopic (exact) mass is 571 g/mol. The molecule has 0 unspecified atom stereocenters. The zero-order chi connectivity index (χ0) is 27.8. The Hall–Kier alpha value is -3.88. The van der Waals surface area contributed by atoms with Crippen LogP contribution in [0.5, 0.6) is 0 Å². The summed E-state index contributed by atoms with van der Waals surface area (Å²) in [5.41, 5.74) is 4.70. The van der Waals surface area contributed by atoms with Gasteiger partial charge >= 0.3 is 5.97 Å². The van der Waals surface area contributed by atoms with Crippen LogP contribution in [0, 0.1) is 5.92 Å². The van der Waals surface area contributed by atoms with Crippen LogP contribution in [0.1, 0.15) is 53.6 Å². The molecule has 0 amide bonds. The van der Waals surface area contributed by atoms with E-state index in [0.717, 1.165) is 60.3 Å². The van der Waals surface area contributed by atoms with E-state index in [0.29, 0.717) is 10.1 Å². The van der Waals surface area contributed by atoms with Gasteiger partial charge in [0.15, 0.2) is 5.11 Å². The van der Waals surface area contributed by atoms with Crippen molar-refractivity contribution in [1.29, 1.82) is 0 Å². The molecular formula is C31H30ClN5O2S. The molecule has 0 aliphatic carbocycles. The molecule has 0 saturated carbocycles. The topological polar surface area (TPSA) is 73.6 Å². The molecule has 0 spiro atoms. The average Bonchev–Trinajstić information content (AvgIpc) is 3.58. The molecule has 2 saturated heterocycles. The molecule has 2 aliphatic rings. The van der Waals surface area contributed by atoms with Crippen LogP contribution in [0.3, 0.4) is 0 Å². The summed E-state index contributed by atoms with van der Waals surface area (Å²) >= 11 is 12.8. The molecule has 4 aromatic rings. The van der Waals surface area contributed by atoms with E-state index in [9.17, 15) is 9.90 Å². The Morgan fingerprint density at radius 3 is 2.58 bits per heavy atom. The SMILES string of the molecule is CC1CCN(c2ccc(N3C(=S)N[C@@H](c4ccccn4)[C@H]3c3cccn3-c3cccc(C(=O)O)c3)cc2Cl)CC1. The van der Waals surface area contributed by atoms with Crippen molar-refractivity contribution < 1.29 is 9.90 Å². The molecule has 9 heteroatoms. The molecule has 2 aliphatic heterocycles. The zero-order valence-electron chi connectivity index (χ0n) is 22.1. The molecule has 40 heavy (non-hydrogen) atoms. The fraction of sp³-hybridized carbons (Fsp3) is 0.258. The predicted octanol–water partition coefficient (Wildman–Crippen LogP) is 6.64. The first kappa shape index (κ1) is 26.3. The minimum atomic E-state index is -0.967. The number of aromatic carboxylic acids is 1. The number of pyridine rings is 1. The third-order valence-corrected chi connectivity index (χ3v) is 8.50. The second-order valence-corrected chi connectivity index (χ2v) is 11.3. The summed E-state index contributed by atoms with van der Waals surface area (Å²) in [5, 5.41) is 14.4. The number of nitrogens with one attached hydrogen (secondary N) is 1. The van der Waals surface area contributed by atoms with Gasteiger partial charge in [-0.15, -0.1) is 0 Å². The van der Waals surface area contributed by atoms with Gasteiger partial charge in [-0.25, -0.2) is 4.79 Å². The second-order valence-electron chi connectivity index (χ2n) is 10.5. The van der Waals surface area contributed by atoms with Gasteiger partial charge in [0.1, 0.15) is 6.04 Å². The summed E-state index contributed by atoms with van der Waals surface area (Å²) in [7, 11) is 0. The van der Waals surface area contributed by atoms with Crippen LogP contribution in [-0.4, -0.2) is 38.8 Å². The highest BCUT2D eigenvalue weighted by Gasteiger charge is 2.42. The third kappa shape index (κ3) is 4.93. The van der Waals surface area contributed by atoms with E-state index >= 15 is 0 Å².